The summed E-state index contributed by atoms with van der Waals surface area (Å²) in [6.07, 6.45) is 1.44. The number of methoxy groups -OCH3 is 1. The van der Waals surface area contributed by atoms with Crippen LogP contribution in [0.5, 0.6) is 5.75 Å². The highest BCUT2D eigenvalue weighted by Gasteiger charge is 2.17. The third kappa shape index (κ3) is 3.99. The minimum atomic E-state index is -0.464. The normalized spacial score (nSPS) is 11.8. The number of hydrogen-bond donors (Lipinski definition) is 2. The smallest absolute Gasteiger partial charge is 0.280 e. The number of aliphatic hydroxyl groups is 1. The number of aromatic nitrogens is 2. The summed E-state index contributed by atoms with van der Waals surface area (Å²) in [6.45, 7) is 3.21. The van der Waals surface area contributed by atoms with Crippen LogP contribution in [0.25, 0.3) is 0 Å². The number of ketones is 1. The Kier molecular flexibility index (Phi) is 5.70. The van der Waals surface area contributed by atoms with Crippen molar-refractivity contribution in [1.29, 1.82) is 0 Å². The van der Waals surface area contributed by atoms with E-state index >= 15 is 0 Å². The first-order valence-corrected chi connectivity index (χ1v) is 7.57. The molecule has 0 saturated heterocycles. The molecule has 2 N–H and O–H groups in total. The Balaban J connectivity index is 2.35. The summed E-state index contributed by atoms with van der Waals surface area (Å²) in [5.74, 6) is 0.375. The van der Waals surface area contributed by atoms with Crippen LogP contribution < -0.4 is 15.6 Å². The molecule has 0 spiro atoms. The summed E-state index contributed by atoms with van der Waals surface area (Å²) in [5.41, 5.74) is 0.775. The number of nitrogens with one attached hydrogen (secondary N) is 1. The Morgan fingerprint density at radius 1 is 1.38 bits per heavy atom. The number of nitrogens with zero attached hydrogens (tertiary/aromatic N) is 2. The number of aliphatic hydroxyl groups excluding tert-OH is 1. The van der Waals surface area contributed by atoms with Gasteiger partial charge in [0.15, 0.2) is 5.78 Å². The van der Waals surface area contributed by atoms with Gasteiger partial charge in [-0.3, -0.25) is 9.59 Å². The molecule has 2 aromatic rings. The molecule has 1 aromatic carbocycles. The van der Waals surface area contributed by atoms with E-state index in [-0.39, 0.29) is 30.5 Å². The van der Waals surface area contributed by atoms with Gasteiger partial charge in [-0.05, 0) is 31.5 Å². The van der Waals surface area contributed by atoms with Crippen LogP contribution in [-0.4, -0.2) is 40.4 Å². The van der Waals surface area contributed by atoms with E-state index in [0.29, 0.717) is 5.69 Å². The summed E-state index contributed by atoms with van der Waals surface area (Å²) < 4.78 is 6.34. The first-order chi connectivity index (χ1) is 11.5. The van der Waals surface area contributed by atoms with Gasteiger partial charge in [-0.2, -0.15) is 5.10 Å². The van der Waals surface area contributed by atoms with E-state index in [9.17, 15) is 9.59 Å². The fourth-order valence-corrected chi connectivity index (χ4v) is 2.27. The zero-order chi connectivity index (χ0) is 17.7. The first kappa shape index (κ1) is 17.7. The second-order valence-electron chi connectivity index (χ2n) is 5.53. The minimum Gasteiger partial charge on any atom is -0.497 e. The molecule has 128 valence electrons. The largest absolute Gasteiger partial charge is 0.497 e. The quantitative estimate of drug-likeness (QED) is 0.743. The highest BCUT2D eigenvalue weighted by molar-refractivity contribution is 5.98. The fourth-order valence-electron chi connectivity index (χ4n) is 2.27. The van der Waals surface area contributed by atoms with Crippen LogP contribution in [0.3, 0.4) is 0 Å². The van der Waals surface area contributed by atoms with E-state index in [1.165, 1.54) is 17.8 Å². The molecule has 1 heterocycles. The van der Waals surface area contributed by atoms with Crippen molar-refractivity contribution in [1.82, 2.24) is 9.78 Å². The van der Waals surface area contributed by atoms with Gasteiger partial charge in [0.1, 0.15) is 11.3 Å². The van der Waals surface area contributed by atoms with Crippen LogP contribution in [0.15, 0.2) is 35.3 Å². The topological polar surface area (TPSA) is 93.4 Å². The standard InChI is InChI=1S/C17H21N3O4/c1-11(10-21)19-15-8-18-20(17(23)16(15)12(2)22)9-13-4-6-14(24-3)7-5-13/h4-8,11,19,21H,9-10H2,1-3H3/t11-/m0/s1. The summed E-state index contributed by atoms with van der Waals surface area (Å²) in [4.78, 5) is 24.5. The van der Waals surface area contributed by atoms with E-state index in [4.69, 9.17) is 9.84 Å². The SMILES string of the molecule is COc1ccc(Cn2ncc(N[C@@H](C)CO)c(C(C)=O)c2=O)cc1. The van der Waals surface area contributed by atoms with Crippen molar-refractivity contribution in [3.8, 4) is 5.75 Å². The van der Waals surface area contributed by atoms with Gasteiger partial charge >= 0.3 is 0 Å². The zero-order valence-electron chi connectivity index (χ0n) is 13.9. The minimum absolute atomic E-state index is 0.0406. The van der Waals surface area contributed by atoms with Crippen LogP contribution in [0.1, 0.15) is 29.8 Å². The molecule has 7 heteroatoms. The monoisotopic (exact) mass is 331 g/mol. The highest BCUT2D eigenvalue weighted by atomic mass is 16.5. The lowest BCUT2D eigenvalue weighted by atomic mass is 10.1. The van der Waals surface area contributed by atoms with E-state index in [0.717, 1.165) is 11.3 Å². The maximum absolute atomic E-state index is 12.6. The fraction of sp³-hybridized carbons (Fsp3) is 0.353. The summed E-state index contributed by atoms with van der Waals surface area (Å²) in [6, 6.07) is 6.97. The lowest BCUT2D eigenvalue weighted by molar-refractivity contribution is 0.101. The average Bonchev–Trinajstić information content (AvgIpc) is 2.57. The molecule has 24 heavy (non-hydrogen) atoms. The second-order valence-corrected chi connectivity index (χ2v) is 5.53. The molecular formula is C17H21N3O4. The number of rotatable bonds is 7. The molecule has 0 radical (unpaired) electrons. The van der Waals surface area contributed by atoms with E-state index in [2.05, 4.69) is 10.4 Å². The van der Waals surface area contributed by atoms with Gasteiger partial charge in [-0.15, -0.1) is 0 Å². The number of anilines is 1. The predicted molar refractivity (Wildman–Crippen MR) is 90.8 cm³/mol. The van der Waals surface area contributed by atoms with Crippen LogP contribution in [0.4, 0.5) is 5.69 Å². The molecule has 0 aliphatic rings. The molecule has 1 aromatic heterocycles. The second kappa shape index (κ2) is 7.74. The van der Waals surface area contributed by atoms with Gasteiger partial charge in [0.2, 0.25) is 0 Å². The Labute approximate surface area is 139 Å². The third-order valence-electron chi connectivity index (χ3n) is 3.56. The molecule has 2 rings (SSSR count). The van der Waals surface area contributed by atoms with Gasteiger partial charge in [0.25, 0.3) is 5.56 Å². The van der Waals surface area contributed by atoms with Crippen molar-refractivity contribution in [2.24, 2.45) is 0 Å². The average molecular weight is 331 g/mol. The lowest BCUT2D eigenvalue weighted by Crippen LogP contribution is -2.31. The van der Waals surface area contributed by atoms with Gasteiger partial charge in [-0.25, -0.2) is 4.68 Å². The Morgan fingerprint density at radius 2 is 2.04 bits per heavy atom. The summed E-state index contributed by atoms with van der Waals surface area (Å²) in [7, 11) is 1.58. The molecule has 0 fully saturated rings. The molecule has 0 bridgehead atoms. The highest BCUT2D eigenvalue weighted by Crippen LogP contribution is 2.14. The number of benzene rings is 1. The van der Waals surface area contributed by atoms with Crippen LogP contribution in [0, 0.1) is 0 Å². The Bertz CT molecular complexity index is 768. The maximum Gasteiger partial charge on any atom is 0.280 e. The Morgan fingerprint density at radius 3 is 2.58 bits per heavy atom. The van der Waals surface area contributed by atoms with Crippen LogP contribution >= 0.6 is 0 Å². The lowest BCUT2D eigenvalue weighted by Gasteiger charge is -2.15. The summed E-state index contributed by atoms with van der Waals surface area (Å²) >= 11 is 0. The third-order valence-corrected chi connectivity index (χ3v) is 3.56. The van der Waals surface area contributed by atoms with Crippen LogP contribution in [-0.2, 0) is 6.54 Å². The van der Waals surface area contributed by atoms with E-state index < -0.39 is 5.56 Å². The van der Waals surface area contributed by atoms with Crippen molar-refractivity contribution in [3.63, 3.8) is 0 Å². The number of carbonyl (C=O) groups excluding carboxylic acids is 1. The molecule has 0 aliphatic heterocycles. The number of carbonyl (C=O) groups is 1. The number of Topliss-reactive ketones (excluding diaryl/α,β-unsaturated/α-hetero) is 1. The molecule has 0 saturated carbocycles. The van der Waals surface area contributed by atoms with Crippen molar-refractivity contribution in [2.75, 3.05) is 19.0 Å². The van der Waals surface area contributed by atoms with Crippen molar-refractivity contribution >= 4 is 11.5 Å². The van der Waals surface area contributed by atoms with Crippen molar-refractivity contribution < 1.29 is 14.6 Å². The van der Waals surface area contributed by atoms with Gasteiger partial charge in [0.05, 0.1) is 32.1 Å². The van der Waals surface area contributed by atoms with Crippen molar-refractivity contribution in [3.05, 3.63) is 51.9 Å². The van der Waals surface area contributed by atoms with Gasteiger partial charge in [0, 0.05) is 6.04 Å². The number of hydrogen-bond acceptors (Lipinski definition) is 6. The molecule has 0 amide bonds. The van der Waals surface area contributed by atoms with E-state index in [1.807, 2.05) is 12.1 Å². The van der Waals surface area contributed by atoms with Gasteiger partial charge < -0.3 is 15.2 Å². The van der Waals surface area contributed by atoms with Crippen molar-refractivity contribution in [2.45, 2.75) is 26.4 Å². The molecular weight excluding hydrogens is 310 g/mol. The molecule has 0 aliphatic carbocycles. The van der Waals surface area contributed by atoms with E-state index in [1.54, 1.807) is 26.2 Å². The van der Waals surface area contributed by atoms with Gasteiger partial charge in [-0.1, -0.05) is 12.1 Å². The van der Waals surface area contributed by atoms with Crippen LogP contribution in [0.2, 0.25) is 0 Å². The zero-order valence-corrected chi connectivity index (χ0v) is 13.9. The summed E-state index contributed by atoms with van der Waals surface area (Å²) in [5, 5.41) is 16.2. The maximum atomic E-state index is 12.6. The molecule has 0 unspecified atom stereocenters. The molecule has 7 nitrogen and oxygen atoms in total. The first-order valence-electron chi connectivity index (χ1n) is 7.57. The predicted octanol–water partition coefficient (Wildman–Crippen LogP) is 1.30. The molecule has 1 atom stereocenters. The number of ether oxygens (including phenoxy) is 1. The Hall–Kier alpha value is -2.67.